The zero-order valence-corrected chi connectivity index (χ0v) is 5.57. The number of terminal acetylenes is 1. The van der Waals surface area contributed by atoms with Crippen LogP contribution in [0.15, 0.2) is 0 Å². The van der Waals surface area contributed by atoms with Gasteiger partial charge >= 0.3 is 0 Å². The maximum atomic E-state index is 11.9. The molecule has 2 unspecified atom stereocenters. The van der Waals surface area contributed by atoms with Gasteiger partial charge in [0.1, 0.15) is 0 Å². The van der Waals surface area contributed by atoms with E-state index in [1.54, 1.807) is 6.92 Å². The average molecular weight is 165 g/mol. The van der Waals surface area contributed by atoms with Gasteiger partial charge in [-0.2, -0.15) is 0 Å². The molecule has 0 saturated heterocycles. The second-order valence-electron chi connectivity index (χ2n) is 1.29. The molecule has 7 heavy (non-hydrogen) atoms. The highest BCUT2D eigenvalue weighted by Crippen LogP contribution is 2.11. The summed E-state index contributed by atoms with van der Waals surface area (Å²) in [5.41, 5.74) is 0. The fraction of sp³-hybridized carbons (Fsp3) is 0.600. The molecule has 2 atom stereocenters. The highest BCUT2D eigenvalue weighted by Gasteiger charge is 2.06. The summed E-state index contributed by atoms with van der Waals surface area (Å²) in [7, 11) is 0. The average Bonchev–Trinajstić information content (AvgIpc) is 1.65. The Morgan fingerprint density at radius 3 is 2.29 bits per heavy atom. The molecule has 0 saturated carbocycles. The maximum absolute atomic E-state index is 11.9. The molecule has 0 radical (unpaired) electrons. The topological polar surface area (TPSA) is 0 Å². The quantitative estimate of drug-likeness (QED) is 0.411. The first-order valence-corrected chi connectivity index (χ1v) is 2.84. The molecule has 0 rings (SSSR count). The Morgan fingerprint density at radius 1 is 1.86 bits per heavy atom. The summed E-state index contributed by atoms with van der Waals surface area (Å²) in [6.07, 6.45) is 4.85. The van der Waals surface area contributed by atoms with Crippen LogP contribution < -0.4 is 0 Å². The van der Waals surface area contributed by atoms with E-state index >= 15 is 0 Å². The van der Waals surface area contributed by atoms with Gasteiger partial charge in [-0.3, -0.25) is 0 Å². The lowest BCUT2D eigenvalue weighted by Crippen LogP contribution is -1.99. The monoisotopic (exact) mass is 164 g/mol. The van der Waals surface area contributed by atoms with Crippen LogP contribution in [0.1, 0.15) is 6.92 Å². The fourth-order valence-corrected chi connectivity index (χ4v) is 0.225. The number of hydrogen-bond donors (Lipinski definition) is 0. The van der Waals surface area contributed by atoms with Crippen molar-refractivity contribution in [2.45, 2.75) is 12.0 Å². The lowest BCUT2D eigenvalue weighted by atomic mass is 10.2. The first kappa shape index (κ1) is 6.97. The number of halogens is 2. The van der Waals surface area contributed by atoms with E-state index in [0.29, 0.717) is 0 Å². The van der Waals surface area contributed by atoms with E-state index in [-0.39, 0.29) is 5.92 Å². The van der Waals surface area contributed by atoms with Gasteiger partial charge in [0.15, 0.2) is 5.08 Å². The molecule has 0 aliphatic carbocycles. The van der Waals surface area contributed by atoms with Crippen molar-refractivity contribution < 1.29 is 4.39 Å². The van der Waals surface area contributed by atoms with Crippen LogP contribution in [0.2, 0.25) is 0 Å². The summed E-state index contributed by atoms with van der Waals surface area (Å²) in [5, 5.41) is -1.06. The normalized spacial score (nSPS) is 17.4. The summed E-state index contributed by atoms with van der Waals surface area (Å²) >= 11 is 2.69. The minimum absolute atomic E-state index is 0.319. The van der Waals surface area contributed by atoms with Gasteiger partial charge < -0.3 is 0 Å². The second-order valence-corrected chi connectivity index (χ2v) is 2.16. The van der Waals surface area contributed by atoms with Crippen LogP contribution in [0.5, 0.6) is 0 Å². The molecule has 0 bridgehead atoms. The maximum Gasteiger partial charge on any atom is 0.168 e. The van der Waals surface area contributed by atoms with Gasteiger partial charge in [-0.15, -0.1) is 6.42 Å². The number of alkyl halides is 2. The van der Waals surface area contributed by atoms with E-state index in [2.05, 4.69) is 21.9 Å². The Morgan fingerprint density at radius 2 is 2.29 bits per heavy atom. The fourth-order valence-electron chi connectivity index (χ4n) is 0.0727. The molecule has 0 nitrogen and oxygen atoms in total. The van der Waals surface area contributed by atoms with Gasteiger partial charge in [-0.25, -0.2) is 4.39 Å². The van der Waals surface area contributed by atoms with Gasteiger partial charge in [-0.1, -0.05) is 21.9 Å². The summed E-state index contributed by atoms with van der Waals surface area (Å²) in [4.78, 5) is 0. The van der Waals surface area contributed by atoms with Crippen molar-refractivity contribution in [3.05, 3.63) is 0 Å². The molecular formula is C5H6BrF. The Hall–Kier alpha value is -0.0300. The van der Waals surface area contributed by atoms with Crippen molar-refractivity contribution in [3.63, 3.8) is 0 Å². The zero-order chi connectivity index (χ0) is 5.86. The predicted molar refractivity (Wildman–Crippen MR) is 31.8 cm³/mol. The lowest BCUT2D eigenvalue weighted by molar-refractivity contribution is 0.403. The van der Waals surface area contributed by atoms with Gasteiger partial charge in [0, 0.05) is 0 Å². The van der Waals surface area contributed by atoms with Crippen molar-refractivity contribution in [2.75, 3.05) is 0 Å². The van der Waals surface area contributed by atoms with Gasteiger partial charge in [0.05, 0.1) is 5.92 Å². The van der Waals surface area contributed by atoms with Crippen LogP contribution in [0.25, 0.3) is 0 Å². The number of hydrogen-bond acceptors (Lipinski definition) is 0. The highest BCUT2D eigenvalue weighted by atomic mass is 79.9. The van der Waals surface area contributed by atoms with Crippen LogP contribution in [-0.2, 0) is 0 Å². The first-order valence-electron chi connectivity index (χ1n) is 1.92. The minimum Gasteiger partial charge on any atom is -0.234 e. The molecule has 40 valence electrons. The SMILES string of the molecule is C#CC(C)C(F)Br. The molecule has 0 aromatic rings. The molecule has 0 aliphatic rings. The van der Waals surface area contributed by atoms with E-state index in [1.165, 1.54) is 0 Å². The van der Waals surface area contributed by atoms with E-state index < -0.39 is 5.08 Å². The molecular weight excluding hydrogens is 159 g/mol. The molecule has 0 aromatic carbocycles. The van der Waals surface area contributed by atoms with Crippen LogP contribution >= 0.6 is 15.9 Å². The molecule has 0 fully saturated rings. The van der Waals surface area contributed by atoms with Gasteiger partial charge in [0.25, 0.3) is 0 Å². The third kappa shape index (κ3) is 2.64. The molecule has 0 amide bonds. The van der Waals surface area contributed by atoms with Crippen LogP contribution in [0.3, 0.4) is 0 Å². The molecule has 0 N–H and O–H groups in total. The molecule has 0 heterocycles. The van der Waals surface area contributed by atoms with Crippen molar-refractivity contribution in [1.82, 2.24) is 0 Å². The van der Waals surface area contributed by atoms with Crippen molar-refractivity contribution >= 4 is 15.9 Å². The molecule has 0 aliphatic heterocycles. The second kappa shape index (κ2) is 3.04. The van der Waals surface area contributed by atoms with Crippen molar-refractivity contribution in [1.29, 1.82) is 0 Å². The summed E-state index contributed by atoms with van der Waals surface area (Å²) in [5.74, 6) is 1.92. The summed E-state index contributed by atoms with van der Waals surface area (Å²) in [6.45, 7) is 1.64. The first-order chi connectivity index (χ1) is 3.18. The summed E-state index contributed by atoms with van der Waals surface area (Å²) < 4.78 is 11.9. The largest absolute Gasteiger partial charge is 0.234 e. The van der Waals surface area contributed by atoms with Crippen molar-refractivity contribution in [2.24, 2.45) is 5.92 Å². The van der Waals surface area contributed by atoms with E-state index in [9.17, 15) is 4.39 Å². The van der Waals surface area contributed by atoms with Crippen LogP contribution in [0, 0.1) is 18.3 Å². The molecule has 0 aromatic heterocycles. The standard InChI is InChI=1S/C5H6BrF/c1-3-4(2)5(6)7/h1,4-5H,2H3. The van der Waals surface area contributed by atoms with Crippen molar-refractivity contribution in [3.8, 4) is 12.3 Å². The molecule has 0 spiro atoms. The third-order valence-corrected chi connectivity index (χ3v) is 1.43. The number of rotatable bonds is 1. The smallest absolute Gasteiger partial charge is 0.168 e. The molecule has 2 heteroatoms. The van der Waals surface area contributed by atoms with Gasteiger partial charge in [0.2, 0.25) is 0 Å². The Bertz CT molecular complexity index is 82.6. The predicted octanol–water partition coefficient (Wildman–Crippen LogP) is 1.95. The van der Waals surface area contributed by atoms with Crippen LogP contribution in [-0.4, -0.2) is 5.08 Å². The Balaban J connectivity index is 3.40. The lowest BCUT2D eigenvalue weighted by Gasteiger charge is -1.98. The Labute approximate surface area is 51.2 Å². The van der Waals surface area contributed by atoms with Crippen LogP contribution in [0.4, 0.5) is 4.39 Å². The Kier molecular flexibility index (Phi) is 3.02. The third-order valence-electron chi connectivity index (χ3n) is 0.641. The summed E-state index contributed by atoms with van der Waals surface area (Å²) in [6, 6.07) is 0. The highest BCUT2D eigenvalue weighted by molar-refractivity contribution is 9.09. The zero-order valence-electron chi connectivity index (χ0n) is 3.99. The van der Waals surface area contributed by atoms with Gasteiger partial charge in [-0.05, 0) is 6.92 Å². The van der Waals surface area contributed by atoms with E-state index in [0.717, 1.165) is 0 Å². The van der Waals surface area contributed by atoms with E-state index in [1.807, 2.05) is 0 Å². The van der Waals surface area contributed by atoms with E-state index in [4.69, 9.17) is 6.42 Å². The minimum atomic E-state index is -1.06.